The summed E-state index contributed by atoms with van der Waals surface area (Å²) in [5.74, 6) is 1.78. The Morgan fingerprint density at radius 3 is 2.26 bits per heavy atom. The maximum absolute atomic E-state index is 12.4. The van der Waals surface area contributed by atoms with Crippen molar-refractivity contribution in [1.29, 1.82) is 0 Å². The van der Waals surface area contributed by atoms with Crippen LogP contribution in [0.1, 0.15) is 30.9 Å². The van der Waals surface area contributed by atoms with E-state index in [0.717, 1.165) is 17.1 Å². The molecule has 23 heavy (non-hydrogen) atoms. The number of hydrogen-bond acceptors (Lipinski definition) is 4. The topological polar surface area (TPSA) is 62.6 Å². The summed E-state index contributed by atoms with van der Waals surface area (Å²) < 4.78 is 31.6. The van der Waals surface area contributed by atoms with Gasteiger partial charge in [-0.05, 0) is 50.6 Å². The van der Waals surface area contributed by atoms with E-state index in [-0.39, 0.29) is 6.04 Å². The van der Waals surface area contributed by atoms with Gasteiger partial charge in [0.2, 0.25) is 10.0 Å². The molecule has 1 heterocycles. The Hall–Kier alpha value is -1.63. The predicted octanol–water partition coefficient (Wildman–Crippen LogP) is 2.91. The van der Waals surface area contributed by atoms with E-state index in [1.807, 2.05) is 45.0 Å². The fourth-order valence-corrected chi connectivity index (χ4v) is 3.50. The smallest absolute Gasteiger partial charge is 0.243 e. The normalized spacial score (nSPS) is 12.3. The molecule has 2 aromatic rings. The Bertz CT molecular complexity index is 733. The second-order valence-electron chi connectivity index (χ2n) is 5.87. The highest BCUT2D eigenvalue weighted by Crippen LogP contribution is 2.17. The van der Waals surface area contributed by atoms with Gasteiger partial charge in [-0.1, -0.05) is 12.1 Å². The van der Waals surface area contributed by atoms with Crippen molar-refractivity contribution in [2.24, 2.45) is 0 Å². The third-order valence-electron chi connectivity index (χ3n) is 3.75. The molecule has 126 valence electrons. The van der Waals surface area contributed by atoms with Crippen LogP contribution in [0.5, 0.6) is 0 Å². The summed E-state index contributed by atoms with van der Waals surface area (Å²) in [6.45, 7) is 6.92. The van der Waals surface area contributed by atoms with Crippen molar-refractivity contribution in [2.45, 2.75) is 44.8 Å². The quantitative estimate of drug-likeness (QED) is 0.844. The summed E-state index contributed by atoms with van der Waals surface area (Å²) in [5.41, 5.74) is 1.03. The van der Waals surface area contributed by atoms with Crippen LogP contribution in [0.25, 0.3) is 0 Å². The van der Waals surface area contributed by atoms with Crippen molar-refractivity contribution in [3.63, 3.8) is 0 Å². The number of aryl methyl sites for hydroxylation is 1. The minimum Gasteiger partial charge on any atom is -0.465 e. The Balaban J connectivity index is 1.96. The highest BCUT2D eigenvalue weighted by molar-refractivity contribution is 7.89. The van der Waals surface area contributed by atoms with Gasteiger partial charge in [0.25, 0.3) is 0 Å². The summed E-state index contributed by atoms with van der Waals surface area (Å²) in [5, 5.41) is 3.28. The maximum atomic E-state index is 12.4. The van der Waals surface area contributed by atoms with Crippen molar-refractivity contribution >= 4 is 10.0 Å². The first-order chi connectivity index (χ1) is 10.8. The Kier molecular flexibility index (Phi) is 5.62. The average Bonchev–Trinajstić information content (AvgIpc) is 2.92. The molecule has 0 saturated heterocycles. The molecule has 0 aliphatic rings. The average molecular weight is 336 g/mol. The van der Waals surface area contributed by atoms with E-state index in [2.05, 4.69) is 5.32 Å². The lowest BCUT2D eigenvalue weighted by Crippen LogP contribution is -2.33. The lowest BCUT2D eigenvalue weighted by molar-refractivity contribution is 0.410. The van der Waals surface area contributed by atoms with Crippen LogP contribution in [0.15, 0.2) is 45.7 Å². The van der Waals surface area contributed by atoms with Gasteiger partial charge in [0, 0.05) is 19.6 Å². The maximum Gasteiger partial charge on any atom is 0.243 e. The zero-order chi connectivity index (χ0) is 17.0. The van der Waals surface area contributed by atoms with Crippen molar-refractivity contribution < 1.29 is 12.8 Å². The van der Waals surface area contributed by atoms with E-state index in [9.17, 15) is 8.42 Å². The Labute approximate surface area is 138 Å². The molecular formula is C17H24N2O3S. The third-order valence-corrected chi connectivity index (χ3v) is 5.80. The molecule has 6 heteroatoms. The summed E-state index contributed by atoms with van der Waals surface area (Å²) in [4.78, 5) is 0.319. The highest BCUT2D eigenvalue weighted by Gasteiger charge is 2.22. The molecule has 0 spiro atoms. The van der Waals surface area contributed by atoms with Gasteiger partial charge >= 0.3 is 0 Å². The van der Waals surface area contributed by atoms with Gasteiger partial charge in [0.05, 0.1) is 11.4 Å². The van der Waals surface area contributed by atoms with Crippen LogP contribution in [0.3, 0.4) is 0 Å². The molecule has 0 bridgehead atoms. The van der Waals surface area contributed by atoms with E-state index in [1.165, 1.54) is 4.31 Å². The molecule has 0 aliphatic carbocycles. The molecule has 0 atom stereocenters. The second-order valence-corrected chi connectivity index (χ2v) is 7.87. The molecule has 0 aliphatic heterocycles. The van der Waals surface area contributed by atoms with Gasteiger partial charge in [-0.3, -0.25) is 0 Å². The number of nitrogens with zero attached hydrogens (tertiary/aromatic N) is 1. The van der Waals surface area contributed by atoms with E-state index >= 15 is 0 Å². The fraction of sp³-hybridized carbons (Fsp3) is 0.412. The molecule has 0 saturated carbocycles. The first-order valence-electron chi connectivity index (χ1n) is 7.63. The van der Waals surface area contributed by atoms with Gasteiger partial charge in [-0.15, -0.1) is 0 Å². The standard InChI is InChI=1S/C17H24N2O3S/c1-13(2)19(4)23(20,21)17-9-6-15(7-10-17)11-18-12-16-8-5-14(3)22-16/h5-10,13,18H,11-12H2,1-4H3. The minimum absolute atomic E-state index is 0.0712. The first kappa shape index (κ1) is 17.7. The lowest BCUT2D eigenvalue weighted by atomic mass is 10.2. The van der Waals surface area contributed by atoms with Gasteiger partial charge in [-0.25, -0.2) is 8.42 Å². The number of benzene rings is 1. The van der Waals surface area contributed by atoms with Crippen LogP contribution in [0.2, 0.25) is 0 Å². The van der Waals surface area contributed by atoms with Crippen molar-refractivity contribution in [3.8, 4) is 0 Å². The van der Waals surface area contributed by atoms with E-state index in [0.29, 0.717) is 18.0 Å². The SMILES string of the molecule is Cc1ccc(CNCc2ccc(S(=O)(=O)N(C)C(C)C)cc2)o1. The number of rotatable bonds is 7. The van der Waals surface area contributed by atoms with Crippen LogP contribution >= 0.6 is 0 Å². The van der Waals surface area contributed by atoms with Gasteiger partial charge in [0.1, 0.15) is 11.5 Å². The molecule has 1 aromatic carbocycles. The molecule has 0 radical (unpaired) electrons. The van der Waals surface area contributed by atoms with Crippen LogP contribution in [0, 0.1) is 6.92 Å². The van der Waals surface area contributed by atoms with Gasteiger partial charge in [-0.2, -0.15) is 4.31 Å². The monoisotopic (exact) mass is 336 g/mol. The summed E-state index contributed by atoms with van der Waals surface area (Å²) in [6.07, 6.45) is 0. The largest absolute Gasteiger partial charge is 0.465 e. The molecule has 0 amide bonds. The predicted molar refractivity (Wildman–Crippen MR) is 90.5 cm³/mol. The minimum atomic E-state index is -3.42. The molecule has 1 N–H and O–H groups in total. The summed E-state index contributed by atoms with van der Waals surface area (Å²) in [6, 6.07) is 10.8. The molecule has 0 unspecified atom stereocenters. The fourth-order valence-electron chi connectivity index (χ4n) is 2.13. The zero-order valence-corrected chi connectivity index (χ0v) is 14.9. The number of sulfonamides is 1. The lowest BCUT2D eigenvalue weighted by Gasteiger charge is -2.21. The van der Waals surface area contributed by atoms with E-state index < -0.39 is 10.0 Å². The van der Waals surface area contributed by atoms with Crippen molar-refractivity contribution in [1.82, 2.24) is 9.62 Å². The van der Waals surface area contributed by atoms with E-state index in [1.54, 1.807) is 19.2 Å². The van der Waals surface area contributed by atoms with Crippen LogP contribution in [0.4, 0.5) is 0 Å². The number of hydrogen-bond donors (Lipinski definition) is 1. The van der Waals surface area contributed by atoms with Crippen LogP contribution < -0.4 is 5.32 Å². The molecular weight excluding hydrogens is 312 g/mol. The van der Waals surface area contributed by atoms with Crippen LogP contribution in [-0.4, -0.2) is 25.8 Å². The highest BCUT2D eigenvalue weighted by atomic mass is 32.2. The Morgan fingerprint density at radius 1 is 1.09 bits per heavy atom. The molecule has 5 nitrogen and oxygen atoms in total. The first-order valence-corrected chi connectivity index (χ1v) is 9.07. The number of nitrogens with one attached hydrogen (secondary N) is 1. The number of furan rings is 1. The van der Waals surface area contributed by atoms with Crippen molar-refractivity contribution in [3.05, 3.63) is 53.5 Å². The zero-order valence-electron chi connectivity index (χ0n) is 14.0. The second kappa shape index (κ2) is 7.29. The molecule has 2 rings (SSSR count). The van der Waals surface area contributed by atoms with Crippen LogP contribution in [-0.2, 0) is 23.1 Å². The van der Waals surface area contributed by atoms with E-state index in [4.69, 9.17) is 4.42 Å². The van der Waals surface area contributed by atoms with Crippen molar-refractivity contribution in [2.75, 3.05) is 7.05 Å². The van der Waals surface area contributed by atoms with Gasteiger partial charge < -0.3 is 9.73 Å². The van der Waals surface area contributed by atoms with Gasteiger partial charge in [0.15, 0.2) is 0 Å². The Morgan fingerprint density at radius 2 is 1.74 bits per heavy atom. The third kappa shape index (κ3) is 4.43. The molecule has 1 aromatic heterocycles. The summed E-state index contributed by atoms with van der Waals surface area (Å²) in [7, 11) is -1.82. The summed E-state index contributed by atoms with van der Waals surface area (Å²) >= 11 is 0. The molecule has 0 fully saturated rings.